The molecule has 2 heteroatoms. The lowest BCUT2D eigenvalue weighted by atomic mass is 10.0. The Hall–Kier alpha value is -1.80. The number of rotatable bonds is 7. The van der Waals surface area contributed by atoms with Gasteiger partial charge in [-0.1, -0.05) is 37.6 Å². The van der Waals surface area contributed by atoms with Crippen molar-refractivity contribution in [1.82, 2.24) is 0 Å². The quantitative estimate of drug-likeness (QED) is 0.813. The first kappa shape index (κ1) is 15.6. The molecule has 0 bridgehead atoms. The lowest BCUT2D eigenvalue weighted by Gasteiger charge is -2.26. The zero-order valence-corrected chi connectivity index (χ0v) is 13.2. The second-order valence-electron chi connectivity index (χ2n) is 5.49. The summed E-state index contributed by atoms with van der Waals surface area (Å²) in [5.74, 6) is 0. The van der Waals surface area contributed by atoms with E-state index >= 15 is 0 Å². The van der Waals surface area contributed by atoms with Gasteiger partial charge in [0.25, 0.3) is 0 Å². The molecule has 2 N–H and O–H groups in total. The number of hydrogen-bond donors (Lipinski definition) is 1. The van der Waals surface area contributed by atoms with Crippen molar-refractivity contribution < 1.29 is 0 Å². The minimum absolute atomic E-state index is 0.707. The monoisotopic (exact) mass is 282 g/mol. The van der Waals surface area contributed by atoms with Crippen molar-refractivity contribution in [2.45, 2.75) is 33.1 Å². The summed E-state index contributed by atoms with van der Waals surface area (Å²) in [4.78, 5) is 2.41. The van der Waals surface area contributed by atoms with E-state index in [1.54, 1.807) is 0 Å². The molecule has 21 heavy (non-hydrogen) atoms. The molecule has 0 atom stereocenters. The van der Waals surface area contributed by atoms with Crippen LogP contribution in [-0.2, 0) is 6.42 Å². The molecule has 0 heterocycles. The van der Waals surface area contributed by atoms with Gasteiger partial charge in [-0.25, -0.2) is 0 Å². The lowest BCUT2D eigenvalue weighted by molar-refractivity contribution is 0.785. The van der Waals surface area contributed by atoms with Gasteiger partial charge in [0, 0.05) is 17.9 Å². The standard InChI is InChI=1S/C19H26N2/c1-3-4-14-21(18-8-6-5-7-9-18)19-11-10-17(12-13-20)16(2)15-19/h5-11,15H,3-4,12-14,20H2,1-2H3. The molecule has 0 aliphatic carbocycles. The number of aryl methyl sites for hydroxylation is 1. The fourth-order valence-electron chi connectivity index (χ4n) is 2.62. The molecule has 0 aliphatic heterocycles. The number of anilines is 2. The number of nitrogens with two attached hydrogens (primary N) is 1. The summed E-state index contributed by atoms with van der Waals surface area (Å²) in [5, 5.41) is 0. The minimum atomic E-state index is 0.707. The first-order valence-electron chi connectivity index (χ1n) is 7.88. The summed E-state index contributed by atoms with van der Waals surface area (Å²) in [6, 6.07) is 17.4. The molecule has 0 amide bonds. The molecule has 0 radical (unpaired) electrons. The van der Waals surface area contributed by atoms with Gasteiger partial charge in [0.05, 0.1) is 0 Å². The van der Waals surface area contributed by atoms with E-state index < -0.39 is 0 Å². The van der Waals surface area contributed by atoms with Crippen molar-refractivity contribution in [3.63, 3.8) is 0 Å². The third-order valence-electron chi connectivity index (χ3n) is 3.85. The molecule has 112 valence electrons. The normalized spacial score (nSPS) is 10.6. The average Bonchev–Trinajstić information content (AvgIpc) is 2.51. The van der Waals surface area contributed by atoms with Crippen LogP contribution in [0.1, 0.15) is 30.9 Å². The van der Waals surface area contributed by atoms with E-state index in [0.717, 1.165) is 13.0 Å². The smallest absolute Gasteiger partial charge is 0.0413 e. The second-order valence-corrected chi connectivity index (χ2v) is 5.49. The molecular formula is C19H26N2. The van der Waals surface area contributed by atoms with Crippen LogP contribution in [0, 0.1) is 6.92 Å². The van der Waals surface area contributed by atoms with Gasteiger partial charge in [0.1, 0.15) is 0 Å². The predicted octanol–water partition coefficient (Wildman–Crippen LogP) is 4.43. The average molecular weight is 282 g/mol. The van der Waals surface area contributed by atoms with Gasteiger partial charge >= 0.3 is 0 Å². The van der Waals surface area contributed by atoms with Crippen LogP contribution in [-0.4, -0.2) is 13.1 Å². The number of nitrogens with zero attached hydrogens (tertiary/aromatic N) is 1. The highest BCUT2D eigenvalue weighted by atomic mass is 15.1. The van der Waals surface area contributed by atoms with E-state index in [2.05, 4.69) is 67.3 Å². The zero-order valence-electron chi connectivity index (χ0n) is 13.2. The van der Waals surface area contributed by atoms with Crippen LogP contribution in [0.4, 0.5) is 11.4 Å². The van der Waals surface area contributed by atoms with Crippen molar-refractivity contribution in [2.24, 2.45) is 5.73 Å². The molecule has 2 aromatic carbocycles. The highest BCUT2D eigenvalue weighted by Crippen LogP contribution is 2.27. The topological polar surface area (TPSA) is 29.3 Å². The molecule has 0 unspecified atom stereocenters. The van der Waals surface area contributed by atoms with Gasteiger partial charge in [0.15, 0.2) is 0 Å². The highest BCUT2D eigenvalue weighted by Gasteiger charge is 2.09. The molecule has 0 saturated heterocycles. The fraction of sp³-hybridized carbons (Fsp3) is 0.368. The summed E-state index contributed by atoms with van der Waals surface area (Å²) >= 11 is 0. The predicted molar refractivity (Wildman–Crippen MR) is 92.3 cm³/mol. The molecule has 0 aliphatic rings. The lowest BCUT2D eigenvalue weighted by Crippen LogP contribution is -2.18. The summed E-state index contributed by atoms with van der Waals surface area (Å²) in [6.45, 7) is 6.17. The Kier molecular flexibility index (Phi) is 5.82. The molecule has 0 aromatic heterocycles. The van der Waals surface area contributed by atoms with E-state index in [4.69, 9.17) is 5.73 Å². The van der Waals surface area contributed by atoms with Crippen molar-refractivity contribution in [3.05, 3.63) is 59.7 Å². The van der Waals surface area contributed by atoms with Crippen LogP contribution < -0.4 is 10.6 Å². The number of para-hydroxylation sites is 1. The van der Waals surface area contributed by atoms with E-state index in [1.807, 2.05) is 0 Å². The van der Waals surface area contributed by atoms with Crippen molar-refractivity contribution in [3.8, 4) is 0 Å². The SMILES string of the molecule is CCCCN(c1ccccc1)c1ccc(CCN)c(C)c1. The van der Waals surface area contributed by atoms with Gasteiger partial charge in [0.2, 0.25) is 0 Å². The third kappa shape index (κ3) is 4.08. The van der Waals surface area contributed by atoms with Crippen LogP contribution in [0.2, 0.25) is 0 Å². The van der Waals surface area contributed by atoms with Crippen molar-refractivity contribution in [2.75, 3.05) is 18.0 Å². The number of benzene rings is 2. The van der Waals surface area contributed by atoms with Crippen LogP contribution in [0.3, 0.4) is 0 Å². The summed E-state index contributed by atoms with van der Waals surface area (Å²) in [7, 11) is 0. The molecule has 0 fully saturated rings. The molecule has 2 nitrogen and oxygen atoms in total. The summed E-state index contributed by atoms with van der Waals surface area (Å²) < 4.78 is 0. The molecule has 2 aromatic rings. The van der Waals surface area contributed by atoms with Crippen molar-refractivity contribution in [1.29, 1.82) is 0 Å². The Balaban J connectivity index is 2.30. The van der Waals surface area contributed by atoms with Gasteiger partial charge in [-0.3, -0.25) is 0 Å². The van der Waals surface area contributed by atoms with Gasteiger partial charge < -0.3 is 10.6 Å². The molecular weight excluding hydrogens is 256 g/mol. The van der Waals surface area contributed by atoms with E-state index in [-0.39, 0.29) is 0 Å². The summed E-state index contributed by atoms with van der Waals surface area (Å²) in [5.41, 5.74) is 10.9. The number of hydrogen-bond acceptors (Lipinski definition) is 2. The molecule has 0 spiro atoms. The Morgan fingerprint density at radius 3 is 2.38 bits per heavy atom. The first-order chi connectivity index (χ1) is 10.3. The van der Waals surface area contributed by atoms with Gasteiger partial charge in [-0.2, -0.15) is 0 Å². The van der Waals surface area contributed by atoms with Gasteiger partial charge in [-0.15, -0.1) is 0 Å². The second kappa shape index (κ2) is 7.84. The third-order valence-corrected chi connectivity index (χ3v) is 3.85. The van der Waals surface area contributed by atoms with Crippen LogP contribution in [0.15, 0.2) is 48.5 Å². The number of unbranched alkanes of at least 4 members (excludes halogenated alkanes) is 1. The van der Waals surface area contributed by atoms with E-state index in [0.29, 0.717) is 6.54 Å². The Bertz CT molecular complexity index is 549. The maximum absolute atomic E-state index is 5.67. The summed E-state index contributed by atoms with van der Waals surface area (Å²) in [6.07, 6.45) is 3.35. The zero-order chi connectivity index (χ0) is 15.1. The maximum atomic E-state index is 5.67. The molecule has 2 rings (SSSR count). The van der Waals surface area contributed by atoms with Crippen LogP contribution in [0.5, 0.6) is 0 Å². The van der Waals surface area contributed by atoms with Crippen molar-refractivity contribution >= 4 is 11.4 Å². The Labute approximate surface area is 128 Å². The maximum Gasteiger partial charge on any atom is 0.0413 e. The van der Waals surface area contributed by atoms with E-state index in [9.17, 15) is 0 Å². The molecule has 0 saturated carbocycles. The Morgan fingerprint density at radius 1 is 1.00 bits per heavy atom. The van der Waals surface area contributed by atoms with Gasteiger partial charge in [-0.05, 0) is 61.7 Å². The largest absolute Gasteiger partial charge is 0.341 e. The fourth-order valence-corrected chi connectivity index (χ4v) is 2.62. The highest BCUT2D eigenvalue weighted by molar-refractivity contribution is 5.64. The van der Waals surface area contributed by atoms with E-state index in [1.165, 1.54) is 35.3 Å². The minimum Gasteiger partial charge on any atom is -0.341 e. The first-order valence-corrected chi connectivity index (χ1v) is 7.88. The van der Waals surface area contributed by atoms with Crippen LogP contribution in [0.25, 0.3) is 0 Å². The van der Waals surface area contributed by atoms with Crippen LogP contribution >= 0.6 is 0 Å². The Morgan fingerprint density at radius 2 is 1.76 bits per heavy atom.